The van der Waals surface area contributed by atoms with Gasteiger partial charge in [-0.05, 0) is 37.6 Å². The molecule has 0 aliphatic carbocycles. The van der Waals surface area contributed by atoms with E-state index in [1.807, 2.05) is 31.2 Å². The number of anilines is 1. The van der Waals surface area contributed by atoms with Crippen LogP contribution in [0.3, 0.4) is 0 Å². The molecule has 1 fully saturated rings. The zero-order chi connectivity index (χ0) is 16.7. The van der Waals surface area contributed by atoms with Crippen LogP contribution in [0.2, 0.25) is 5.02 Å². The summed E-state index contributed by atoms with van der Waals surface area (Å²) in [6.45, 7) is 6.86. The van der Waals surface area contributed by atoms with E-state index >= 15 is 0 Å². The highest BCUT2D eigenvalue weighted by molar-refractivity contribution is 6.32. The lowest BCUT2D eigenvalue weighted by Crippen LogP contribution is -2.50. The number of benzene rings is 1. The largest absolute Gasteiger partial charge is 0.423 e. The molecule has 1 unspecified atom stereocenters. The number of hydrogen-bond donors (Lipinski definition) is 1. The van der Waals surface area contributed by atoms with E-state index in [4.69, 9.17) is 21.0 Å². The third-order valence-corrected chi connectivity index (χ3v) is 4.93. The predicted molar refractivity (Wildman–Crippen MR) is 96.7 cm³/mol. The summed E-state index contributed by atoms with van der Waals surface area (Å²) in [5.74, 6) is 0. The zero-order valence-electron chi connectivity index (χ0n) is 13.7. The number of pyridine rings is 1. The summed E-state index contributed by atoms with van der Waals surface area (Å²) < 4.78 is 6.19. The number of piperazine rings is 1. The first kappa shape index (κ1) is 15.4. The molecule has 1 aliphatic rings. The van der Waals surface area contributed by atoms with Crippen LogP contribution in [-0.4, -0.2) is 35.6 Å². The first-order valence-corrected chi connectivity index (χ1v) is 8.51. The lowest BCUT2D eigenvalue weighted by atomic mass is 10.1. The zero-order valence-corrected chi connectivity index (χ0v) is 14.5. The molecule has 0 spiro atoms. The van der Waals surface area contributed by atoms with Crippen molar-refractivity contribution in [3.63, 3.8) is 0 Å². The van der Waals surface area contributed by atoms with Gasteiger partial charge < -0.3 is 14.6 Å². The van der Waals surface area contributed by atoms with E-state index in [0.29, 0.717) is 17.1 Å². The molecule has 6 heteroatoms. The molecular formula is C18H19ClN4O. The molecule has 0 amide bonds. The molecule has 5 nitrogen and oxygen atoms in total. The fraction of sp³-hybridized carbons (Fsp3) is 0.333. The maximum Gasteiger partial charge on any atom is 0.298 e. The summed E-state index contributed by atoms with van der Waals surface area (Å²) >= 11 is 6.43. The van der Waals surface area contributed by atoms with E-state index in [1.165, 1.54) is 0 Å². The molecule has 0 radical (unpaired) electrons. The Morgan fingerprint density at radius 3 is 3.00 bits per heavy atom. The molecule has 3 heterocycles. The topological polar surface area (TPSA) is 54.2 Å². The number of rotatable bonds is 2. The molecule has 1 saturated heterocycles. The molecule has 1 atom stereocenters. The Morgan fingerprint density at radius 1 is 1.38 bits per heavy atom. The Morgan fingerprint density at radius 2 is 2.25 bits per heavy atom. The molecular weight excluding hydrogens is 324 g/mol. The normalized spacial score (nSPS) is 18.3. The van der Waals surface area contributed by atoms with Gasteiger partial charge in [0.2, 0.25) is 0 Å². The molecule has 1 aliphatic heterocycles. The van der Waals surface area contributed by atoms with Crippen molar-refractivity contribution in [1.82, 2.24) is 15.3 Å². The van der Waals surface area contributed by atoms with Gasteiger partial charge in [-0.1, -0.05) is 17.7 Å². The van der Waals surface area contributed by atoms with E-state index in [0.717, 1.165) is 47.6 Å². The van der Waals surface area contributed by atoms with Crippen molar-refractivity contribution in [3.8, 4) is 11.3 Å². The van der Waals surface area contributed by atoms with Gasteiger partial charge in [-0.2, -0.15) is 4.98 Å². The average molecular weight is 343 g/mol. The monoisotopic (exact) mass is 342 g/mol. The number of oxazole rings is 1. The molecule has 2 aromatic heterocycles. The predicted octanol–water partition coefficient (Wildman–Crippen LogP) is 3.65. The molecule has 0 bridgehead atoms. The second-order valence-electron chi connectivity index (χ2n) is 6.17. The first-order chi connectivity index (χ1) is 11.6. The number of hydrogen-bond acceptors (Lipinski definition) is 5. The Balaban J connectivity index is 1.90. The Bertz CT molecular complexity index is 878. The van der Waals surface area contributed by atoms with Gasteiger partial charge in [-0.15, -0.1) is 0 Å². The quantitative estimate of drug-likeness (QED) is 0.770. The van der Waals surface area contributed by atoms with Gasteiger partial charge in [0.15, 0.2) is 5.58 Å². The maximum atomic E-state index is 6.43. The Labute approximate surface area is 145 Å². The Kier molecular flexibility index (Phi) is 3.90. The number of nitrogens with one attached hydrogen (secondary N) is 1. The van der Waals surface area contributed by atoms with Gasteiger partial charge in [-0.25, -0.2) is 0 Å². The van der Waals surface area contributed by atoms with Gasteiger partial charge in [0.1, 0.15) is 5.52 Å². The number of aromatic nitrogens is 2. The van der Waals surface area contributed by atoms with Crippen molar-refractivity contribution >= 4 is 28.7 Å². The molecule has 24 heavy (non-hydrogen) atoms. The van der Waals surface area contributed by atoms with Crippen LogP contribution in [0.4, 0.5) is 6.01 Å². The standard InChI is InChI=1S/C18H19ClN4O/c1-11-10-20-7-8-23(11)18-22-16-12(2)14(19)9-13(17(16)24-18)15-5-3-4-6-21-15/h3-6,9,11,20H,7-8,10H2,1-2H3. The highest BCUT2D eigenvalue weighted by Gasteiger charge is 2.25. The minimum absolute atomic E-state index is 0.334. The van der Waals surface area contributed by atoms with E-state index in [9.17, 15) is 0 Å². The molecule has 0 saturated carbocycles. The fourth-order valence-corrected chi connectivity index (χ4v) is 3.32. The smallest absolute Gasteiger partial charge is 0.298 e. The van der Waals surface area contributed by atoms with Gasteiger partial charge in [0.25, 0.3) is 6.01 Å². The first-order valence-electron chi connectivity index (χ1n) is 8.13. The van der Waals surface area contributed by atoms with Gasteiger partial charge in [0.05, 0.1) is 5.69 Å². The van der Waals surface area contributed by atoms with Crippen LogP contribution >= 0.6 is 11.6 Å². The van der Waals surface area contributed by atoms with Gasteiger partial charge in [-0.3, -0.25) is 4.98 Å². The highest BCUT2D eigenvalue weighted by Crippen LogP contribution is 2.37. The summed E-state index contributed by atoms with van der Waals surface area (Å²) in [6, 6.07) is 8.71. The average Bonchev–Trinajstić information content (AvgIpc) is 3.04. The van der Waals surface area contributed by atoms with Crippen molar-refractivity contribution in [2.75, 3.05) is 24.5 Å². The maximum absolute atomic E-state index is 6.43. The summed E-state index contributed by atoms with van der Waals surface area (Å²) in [5, 5.41) is 4.06. The van der Waals surface area contributed by atoms with Crippen LogP contribution in [0, 0.1) is 6.92 Å². The van der Waals surface area contributed by atoms with Crippen molar-refractivity contribution in [1.29, 1.82) is 0 Å². The van der Waals surface area contributed by atoms with Crippen molar-refractivity contribution in [2.45, 2.75) is 19.9 Å². The molecule has 124 valence electrons. The van der Waals surface area contributed by atoms with E-state index in [1.54, 1.807) is 6.20 Å². The second kappa shape index (κ2) is 6.07. The molecule has 1 N–H and O–H groups in total. The number of halogens is 1. The minimum Gasteiger partial charge on any atom is -0.423 e. The third kappa shape index (κ3) is 2.54. The third-order valence-electron chi connectivity index (χ3n) is 4.53. The van der Waals surface area contributed by atoms with Crippen molar-refractivity contribution in [2.24, 2.45) is 0 Å². The number of fused-ring (bicyclic) bond motifs is 1. The Hall–Kier alpha value is -2.11. The number of aryl methyl sites for hydroxylation is 1. The summed E-state index contributed by atoms with van der Waals surface area (Å²) in [5.41, 5.74) is 4.20. The lowest BCUT2D eigenvalue weighted by molar-refractivity contribution is 0.456. The van der Waals surface area contributed by atoms with E-state index in [-0.39, 0.29) is 0 Å². The van der Waals surface area contributed by atoms with Crippen LogP contribution in [-0.2, 0) is 0 Å². The van der Waals surface area contributed by atoms with E-state index < -0.39 is 0 Å². The summed E-state index contributed by atoms with van der Waals surface area (Å²) in [4.78, 5) is 11.4. The summed E-state index contributed by atoms with van der Waals surface area (Å²) in [6.07, 6.45) is 1.77. The number of nitrogens with zero attached hydrogens (tertiary/aromatic N) is 3. The van der Waals surface area contributed by atoms with Crippen LogP contribution in [0.25, 0.3) is 22.4 Å². The fourth-order valence-electron chi connectivity index (χ4n) is 3.12. The second-order valence-corrected chi connectivity index (χ2v) is 6.57. The SMILES string of the molecule is Cc1c(Cl)cc(-c2ccccn2)c2oc(N3CCNCC3C)nc12. The van der Waals surface area contributed by atoms with Crippen molar-refractivity contribution in [3.05, 3.63) is 41.0 Å². The van der Waals surface area contributed by atoms with E-state index in [2.05, 4.69) is 22.1 Å². The van der Waals surface area contributed by atoms with Gasteiger partial charge in [0, 0.05) is 42.5 Å². The van der Waals surface area contributed by atoms with Crippen molar-refractivity contribution < 1.29 is 4.42 Å². The molecule has 1 aromatic carbocycles. The molecule has 3 aromatic rings. The minimum atomic E-state index is 0.334. The van der Waals surface area contributed by atoms with Crippen LogP contribution in [0.15, 0.2) is 34.9 Å². The van der Waals surface area contributed by atoms with Crippen LogP contribution in [0.1, 0.15) is 12.5 Å². The van der Waals surface area contributed by atoms with Crippen LogP contribution < -0.4 is 10.2 Å². The molecule has 4 rings (SSSR count). The van der Waals surface area contributed by atoms with Crippen LogP contribution in [0.5, 0.6) is 0 Å². The van der Waals surface area contributed by atoms with Gasteiger partial charge >= 0.3 is 0 Å². The lowest BCUT2D eigenvalue weighted by Gasteiger charge is -2.32. The summed E-state index contributed by atoms with van der Waals surface area (Å²) in [7, 11) is 0. The highest BCUT2D eigenvalue weighted by atomic mass is 35.5.